The lowest BCUT2D eigenvalue weighted by Crippen LogP contribution is -2.34. The van der Waals surface area contributed by atoms with E-state index in [1.807, 2.05) is 6.92 Å². The molecule has 0 saturated heterocycles. The molecular formula is C14H16Cl2N4O2. The van der Waals surface area contributed by atoms with Crippen LogP contribution >= 0.6 is 23.2 Å². The molecule has 2 rings (SSSR count). The summed E-state index contributed by atoms with van der Waals surface area (Å²) in [5.74, 6) is 0.754. The smallest absolute Gasteiger partial charge is 0.248 e. The van der Waals surface area contributed by atoms with Crippen LogP contribution in [-0.2, 0) is 4.79 Å². The van der Waals surface area contributed by atoms with Gasteiger partial charge in [-0.2, -0.15) is 0 Å². The molecule has 0 bridgehead atoms. The first kappa shape index (κ1) is 16.5. The molecule has 8 heteroatoms. The lowest BCUT2D eigenvalue weighted by molar-refractivity contribution is -0.117. The van der Waals surface area contributed by atoms with Crippen LogP contribution in [0.1, 0.15) is 19.1 Å². The zero-order valence-corrected chi connectivity index (χ0v) is 13.6. The molecule has 0 aliphatic rings. The molecule has 4 N–H and O–H groups in total. The number of aromatic nitrogens is 1. The molecule has 6 nitrogen and oxygen atoms in total. The van der Waals surface area contributed by atoms with Crippen LogP contribution in [0.25, 0.3) is 0 Å². The second kappa shape index (κ2) is 6.89. The number of hydrogen-bond acceptors (Lipinski definition) is 5. The third kappa shape index (κ3) is 3.84. The van der Waals surface area contributed by atoms with E-state index in [9.17, 15) is 4.79 Å². The summed E-state index contributed by atoms with van der Waals surface area (Å²) in [6, 6.07) is 4.41. The molecule has 0 radical (unpaired) electrons. The van der Waals surface area contributed by atoms with Crippen LogP contribution in [0, 0.1) is 6.92 Å². The molecule has 22 heavy (non-hydrogen) atoms. The van der Waals surface area contributed by atoms with Crippen molar-refractivity contribution in [2.75, 3.05) is 16.4 Å². The normalized spacial score (nSPS) is 12.0. The van der Waals surface area contributed by atoms with E-state index in [1.54, 1.807) is 25.1 Å². The molecule has 2 aromatic rings. The monoisotopic (exact) mass is 342 g/mol. The number of carbonyl (C=O) groups excluding carboxylic acids is 1. The lowest BCUT2D eigenvalue weighted by atomic mass is 10.2. The van der Waals surface area contributed by atoms with E-state index < -0.39 is 6.04 Å². The van der Waals surface area contributed by atoms with Crippen molar-refractivity contribution in [3.05, 3.63) is 34.0 Å². The molecule has 1 aromatic carbocycles. The SMILES string of the molecule is CCC(Nc1cc(Cl)c(N)c(Cl)c1)C(=O)Nc1cc(C)on1. The van der Waals surface area contributed by atoms with Gasteiger partial charge in [0, 0.05) is 11.8 Å². The Morgan fingerprint density at radius 1 is 1.36 bits per heavy atom. The number of hydrogen-bond donors (Lipinski definition) is 3. The highest BCUT2D eigenvalue weighted by Crippen LogP contribution is 2.31. The van der Waals surface area contributed by atoms with Crippen LogP contribution in [0.5, 0.6) is 0 Å². The van der Waals surface area contributed by atoms with Crippen LogP contribution in [0.4, 0.5) is 17.2 Å². The molecule has 0 aliphatic heterocycles. The third-order valence-electron chi connectivity index (χ3n) is 3.02. The number of carbonyl (C=O) groups is 1. The topological polar surface area (TPSA) is 93.2 Å². The number of aryl methyl sites for hydroxylation is 1. The Labute approximate surface area is 137 Å². The average Bonchev–Trinajstić information content (AvgIpc) is 2.87. The van der Waals surface area contributed by atoms with Gasteiger partial charge in [-0.1, -0.05) is 35.3 Å². The second-order valence-electron chi connectivity index (χ2n) is 4.77. The van der Waals surface area contributed by atoms with E-state index in [0.717, 1.165) is 0 Å². The quantitative estimate of drug-likeness (QED) is 0.720. The van der Waals surface area contributed by atoms with Crippen LogP contribution in [0.15, 0.2) is 22.7 Å². The Hall–Kier alpha value is -1.92. The summed E-state index contributed by atoms with van der Waals surface area (Å²) in [6.45, 7) is 3.63. The maximum atomic E-state index is 12.2. The molecule has 1 heterocycles. The predicted molar refractivity (Wildman–Crippen MR) is 88.4 cm³/mol. The van der Waals surface area contributed by atoms with E-state index in [-0.39, 0.29) is 5.91 Å². The Balaban J connectivity index is 2.10. The van der Waals surface area contributed by atoms with E-state index in [0.29, 0.717) is 39.4 Å². The van der Waals surface area contributed by atoms with Crippen molar-refractivity contribution >= 4 is 46.3 Å². The zero-order chi connectivity index (χ0) is 16.3. The fraction of sp³-hybridized carbons (Fsp3) is 0.286. The standard InChI is InChI=1S/C14H16Cl2N4O2/c1-3-11(14(21)19-12-4-7(2)22-20-12)18-8-5-9(15)13(17)10(16)6-8/h4-6,11,18H,3,17H2,1-2H3,(H,19,20,21). The van der Waals surface area contributed by atoms with Gasteiger partial charge in [0.15, 0.2) is 5.82 Å². The fourth-order valence-corrected chi connectivity index (χ4v) is 2.35. The molecule has 1 amide bonds. The summed E-state index contributed by atoms with van der Waals surface area (Å²) < 4.78 is 4.91. The molecule has 118 valence electrons. The summed E-state index contributed by atoms with van der Waals surface area (Å²) in [5, 5.41) is 10.1. The summed E-state index contributed by atoms with van der Waals surface area (Å²) in [7, 11) is 0. The van der Waals surface area contributed by atoms with Crippen molar-refractivity contribution < 1.29 is 9.32 Å². The van der Waals surface area contributed by atoms with E-state index >= 15 is 0 Å². The average molecular weight is 343 g/mol. The highest BCUT2D eigenvalue weighted by molar-refractivity contribution is 6.39. The summed E-state index contributed by atoms with van der Waals surface area (Å²) in [6.07, 6.45) is 0.558. The lowest BCUT2D eigenvalue weighted by Gasteiger charge is -2.18. The van der Waals surface area contributed by atoms with E-state index in [2.05, 4.69) is 15.8 Å². The van der Waals surface area contributed by atoms with Gasteiger partial charge in [0.2, 0.25) is 5.91 Å². The number of nitrogens with one attached hydrogen (secondary N) is 2. The zero-order valence-electron chi connectivity index (χ0n) is 12.1. The van der Waals surface area contributed by atoms with E-state index in [1.165, 1.54) is 0 Å². The van der Waals surface area contributed by atoms with Gasteiger partial charge in [0.1, 0.15) is 11.8 Å². The summed E-state index contributed by atoms with van der Waals surface area (Å²) >= 11 is 12.0. The second-order valence-corrected chi connectivity index (χ2v) is 5.59. The minimum atomic E-state index is -0.479. The van der Waals surface area contributed by atoms with Crippen LogP contribution in [0.3, 0.4) is 0 Å². The number of halogens is 2. The molecule has 1 unspecified atom stereocenters. The first-order valence-corrected chi connectivity index (χ1v) is 7.41. The minimum Gasteiger partial charge on any atom is -0.396 e. The van der Waals surface area contributed by atoms with Crippen molar-refractivity contribution in [3.8, 4) is 0 Å². The summed E-state index contributed by atoms with van der Waals surface area (Å²) in [5.41, 5.74) is 6.61. The maximum absolute atomic E-state index is 12.2. The molecular weight excluding hydrogens is 327 g/mol. The molecule has 0 spiro atoms. The maximum Gasteiger partial charge on any atom is 0.248 e. The molecule has 0 saturated carbocycles. The molecule has 0 fully saturated rings. The Morgan fingerprint density at radius 3 is 2.50 bits per heavy atom. The third-order valence-corrected chi connectivity index (χ3v) is 3.65. The first-order valence-electron chi connectivity index (χ1n) is 6.66. The van der Waals surface area contributed by atoms with Crippen molar-refractivity contribution in [2.45, 2.75) is 26.3 Å². The van der Waals surface area contributed by atoms with Crippen molar-refractivity contribution in [2.24, 2.45) is 0 Å². The minimum absolute atomic E-state index is 0.236. The Bertz CT molecular complexity index is 664. The largest absolute Gasteiger partial charge is 0.396 e. The molecule has 1 aromatic heterocycles. The van der Waals surface area contributed by atoms with Crippen molar-refractivity contribution in [1.29, 1.82) is 0 Å². The van der Waals surface area contributed by atoms with Crippen LogP contribution in [-0.4, -0.2) is 17.1 Å². The van der Waals surface area contributed by atoms with Crippen LogP contribution < -0.4 is 16.4 Å². The number of nitrogens with two attached hydrogens (primary N) is 1. The Morgan fingerprint density at radius 2 is 2.00 bits per heavy atom. The number of rotatable bonds is 5. The van der Waals surface area contributed by atoms with Gasteiger partial charge in [0.25, 0.3) is 0 Å². The van der Waals surface area contributed by atoms with Gasteiger partial charge in [-0.15, -0.1) is 0 Å². The fourth-order valence-electron chi connectivity index (χ4n) is 1.86. The number of anilines is 3. The predicted octanol–water partition coefficient (Wildman–Crippen LogP) is 3.70. The summed E-state index contributed by atoms with van der Waals surface area (Å²) in [4.78, 5) is 12.2. The number of amides is 1. The van der Waals surface area contributed by atoms with Gasteiger partial charge >= 0.3 is 0 Å². The van der Waals surface area contributed by atoms with Gasteiger partial charge in [-0.3, -0.25) is 4.79 Å². The number of nitrogen functional groups attached to an aromatic ring is 1. The number of benzene rings is 1. The molecule has 1 atom stereocenters. The van der Waals surface area contributed by atoms with Gasteiger partial charge in [-0.25, -0.2) is 0 Å². The van der Waals surface area contributed by atoms with Crippen molar-refractivity contribution in [1.82, 2.24) is 5.16 Å². The highest BCUT2D eigenvalue weighted by atomic mass is 35.5. The molecule has 0 aliphatic carbocycles. The van der Waals surface area contributed by atoms with E-state index in [4.69, 9.17) is 33.5 Å². The number of nitrogens with zero attached hydrogens (tertiary/aromatic N) is 1. The van der Waals surface area contributed by atoms with Gasteiger partial charge in [0.05, 0.1) is 15.7 Å². The van der Waals surface area contributed by atoms with Gasteiger partial charge in [-0.05, 0) is 25.5 Å². The highest BCUT2D eigenvalue weighted by Gasteiger charge is 2.18. The van der Waals surface area contributed by atoms with Crippen LogP contribution in [0.2, 0.25) is 10.0 Å². The van der Waals surface area contributed by atoms with Crippen molar-refractivity contribution in [3.63, 3.8) is 0 Å². The Kier molecular flexibility index (Phi) is 5.15. The van der Waals surface area contributed by atoms with Gasteiger partial charge < -0.3 is 20.9 Å². The first-order chi connectivity index (χ1) is 10.4.